The van der Waals surface area contributed by atoms with E-state index in [1.54, 1.807) is 6.07 Å². The number of likely N-dealkylation sites (tertiary alicyclic amines) is 1. The summed E-state index contributed by atoms with van der Waals surface area (Å²) in [5, 5.41) is 0. The molecule has 1 aliphatic rings. The maximum atomic E-state index is 13.8. The minimum absolute atomic E-state index is 0.242. The molecule has 1 atom stereocenters. The van der Waals surface area contributed by atoms with Gasteiger partial charge in [-0.15, -0.1) is 0 Å². The second kappa shape index (κ2) is 6.19. The number of nitrogens with two attached hydrogens (primary N) is 1. The van der Waals surface area contributed by atoms with Crippen molar-refractivity contribution < 1.29 is 4.39 Å². The molecule has 0 aromatic heterocycles. The average molecular weight is 250 g/mol. The average Bonchev–Trinajstić information content (AvgIpc) is 2.60. The van der Waals surface area contributed by atoms with Crippen LogP contribution in [-0.2, 0) is 6.54 Å². The van der Waals surface area contributed by atoms with Crippen LogP contribution in [0.2, 0.25) is 0 Å². The molecule has 0 aliphatic carbocycles. The molecule has 3 heteroatoms. The molecule has 0 radical (unpaired) electrons. The lowest BCUT2D eigenvalue weighted by atomic mass is 9.98. The summed E-state index contributed by atoms with van der Waals surface area (Å²) in [4.78, 5) is 2.35. The van der Waals surface area contributed by atoms with E-state index in [0.29, 0.717) is 6.54 Å². The van der Waals surface area contributed by atoms with Gasteiger partial charge in [-0.2, -0.15) is 0 Å². The Morgan fingerprint density at radius 1 is 1.33 bits per heavy atom. The summed E-state index contributed by atoms with van der Waals surface area (Å²) in [6, 6.07) is 5.29. The third-order valence-corrected chi connectivity index (χ3v) is 4.02. The molecule has 1 fully saturated rings. The van der Waals surface area contributed by atoms with Crippen molar-refractivity contribution in [2.45, 2.75) is 39.2 Å². The van der Waals surface area contributed by atoms with Gasteiger partial charge < -0.3 is 5.73 Å². The Hall–Kier alpha value is -1.09. The molecule has 0 saturated carbocycles. The van der Waals surface area contributed by atoms with Gasteiger partial charge in [-0.25, -0.2) is 4.39 Å². The largest absolute Gasteiger partial charge is 0.396 e. The highest BCUT2D eigenvalue weighted by atomic mass is 19.1. The number of rotatable bonds is 3. The highest BCUT2D eigenvalue weighted by Crippen LogP contribution is 2.23. The Morgan fingerprint density at radius 2 is 2.17 bits per heavy atom. The summed E-state index contributed by atoms with van der Waals surface area (Å²) in [6.07, 6.45) is 5.04. The Morgan fingerprint density at radius 3 is 2.94 bits per heavy atom. The van der Waals surface area contributed by atoms with Crippen LogP contribution in [0.1, 0.15) is 38.2 Å². The van der Waals surface area contributed by atoms with Gasteiger partial charge in [0.1, 0.15) is 0 Å². The van der Waals surface area contributed by atoms with Crippen molar-refractivity contribution in [3.8, 4) is 0 Å². The van der Waals surface area contributed by atoms with Gasteiger partial charge in [-0.3, -0.25) is 4.90 Å². The first-order valence-corrected chi connectivity index (χ1v) is 6.96. The molecule has 2 rings (SSSR count). The first-order chi connectivity index (χ1) is 8.70. The van der Waals surface area contributed by atoms with Crippen molar-refractivity contribution >= 4 is 5.69 Å². The van der Waals surface area contributed by atoms with Gasteiger partial charge >= 0.3 is 0 Å². The molecule has 0 amide bonds. The van der Waals surface area contributed by atoms with E-state index in [9.17, 15) is 4.39 Å². The van der Waals surface area contributed by atoms with Crippen molar-refractivity contribution in [2.24, 2.45) is 5.92 Å². The molecule has 0 spiro atoms. The number of anilines is 1. The van der Waals surface area contributed by atoms with Gasteiger partial charge in [0.05, 0.1) is 5.69 Å². The standard InChI is InChI=1S/C15H23FN2/c1-2-12-5-4-9-18(10-8-12)11-13-6-3-7-14(17)15(13)16/h3,6-7,12H,2,4-5,8-11,17H2,1H3. The number of nitrogens with zero attached hydrogens (tertiary/aromatic N) is 1. The van der Waals surface area contributed by atoms with Gasteiger partial charge in [-0.1, -0.05) is 25.5 Å². The van der Waals surface area contributed by atoms with E-state index in [-0.39, 0.29) is 11.5 Å². The minimum atomic E-state index is -0.242. The highest BCUT2D eigenvalue weighted by Gasteiger charge is 2.17. The Balaban J connectivity index is 1.99. The Bertz CT molecular complexity index is 392. The van der Waals surface area contributed by atoms with E-state index in [2.05, 4.69) is 11.8 Å². The van der Waals surface area contributed by atoms with Crippen LogP contribution >= 0.6 is 0 Å². The number of benzene rings is 1. The molecule has 18 heavy (non-hydrogen) atoms. The van der Waals surface area contributed by atoms with E-state index >= 15 is 0 Å². The fraction of sp³-hybridized carbons (Fsp3) is 0.600. The van der Waals surface area contributed by atoms with Crippen LogP contribution in [-0.4, -0.2) is 18.0 Å². The fourth-order valence-electron chi connectivity index (χ4n) is 2.75. The minimum Gasteiger partial charge on any atom is -0.396 e. The van der Waals surface area contributed by atoms with Crippen LogP contribution in [0, 0.1) is 11.7 Å². The van der Waals surface area contributed by atoms with Crippen LogP contribution < -0.4 is 5.73 Å². The summed E-state index contributed by atoms with van der Waals surface area (Å²) < 4.78 is 13.8. The molecule has 2 N–H and O–H groups in total. The topological polar surface area (TPSA) is 29.3 Å². The summed E-state index contributed by atoms with van der Waals surface area (Å²) in [6.45, 7) is 5.10. The number of halogens is 1. The first-order valence-electron chi connectivity index (χ1n) is 6.96. The zero-order valence-corrected chi connectivity index (χ0v) is 11.2. The monoisotopic (exact) mass is 250 g/mol. The third kappa shape index (κ3) is 3.22. The zero-order chi connectivity index (χ0) is 13.0. The van der Waals surface area contributed by atoms with E-state index in [1.165, 1.54) is 25.7 Å². The van der Waals surface area contributed by atoms with Crippen LogP contribution in [0.15, 0.2) is 18.2 Å². The van der Waals surface area contributed by atoms with E-state index in [0.717, 1.165) is 24.6 Å². The third-order valence-electron chi connectivity index (χ3n) is 4.02. The Kier molecular flexibility index (Phi) is 4.59. The van der Waals surface area contributed by atoms with Crippen LogP contribution in [0.5, 0.6) is 0 Å². The molecule has 1 heterocycles. The SMILES string of the molecule is CCC1CCCN(Cc2cccc(N)c2F)CC1. The van der Waals surface area contributed by atoms with E-state index < -0.39 is 0 Å². The molecule has 0 bridgehead atoms. The number of hydrogen-bond donors (Lipinski definition) is 1. The quantitative estimate of drug-likeness (QED) is 0.833. The predicted molar refractivity (Wildman–Crippen MR) is 73.7 cm³/mol. The second-order valence-corrected chi connectivity index (χ2v) is 5.30. The lowest BCUT2D eigenvalue weighted by Gasteiger charge is -2.20. The van der Waals surface area contributed by atoms with Crippen LogP contribution in [0.25, 0.3) is 0 Å². The van der Waals surface area contributed by atoms with Crippen molar-refractivity contribution in [2.75, 3.05) is 18.8 Å². The molecule has 2 nitrogen and oxygen atoms in total. The van der Waals surface area contributed by atoms with Crippen molar-refractivity contribution in [1.29, 1.82) is 0 Å². The van der Waals surface area contributed by atoms with Gasteiger partial charge in [0.15, 0.2) is 5.82 Å². The second-order valence-electron chi connectivity index (χ2n) is 5.30. The first kappa shape index (κ1) is 13.3. The predicted octanol–water partition coefficient (Wildman–Crippen LogP) is 3.42. The van der Waals surface area contributed by atoms with Crippen LogP contribution in [0.3, 0.4) is 0 Å². The molecule has 1 aromatic carbocycles. The normalized spacial score (nSPS) is 21.8. The van der Waals surface area contributed by atoms with Crippen LogP contribution in [0.4, 0.5) is 10.1 Å². The maximum Gasteiger partial charge on any atom is 0.150 e. The summed E-state index contributed by atoms with van der Waals surface area (Å²) in [7, 11) is 0. The smallest absolute Gasteiger partial charge is 0.150 e. The highest BCUT2D eigenvalue weighted by molar-refractivity contribution is 5.42. The lowest BCUT2D eigenvalue weighted by Crippen LogP contribution is -2.25. The van der Waals surface area contributed by atoms with Gasteiger partial charge in [0.25, 0.3) is 0 Å². The maximum absolute atomic E-state index is 13.8. The van der Waals surface area contributed by atoms with Gasteiger partial charge in [0, 0.05) is 12.1 Å². The van der Waals surface area contributed by atoms with Crippen molar-refractivity contribution in [3.05, 3.63) is 29.6 Å². The summed E-state index contributed by atoms with van der Waals surface area (Å²) >= 11 is 0. The van der Waals surface area contributed by atoms with Crippen molar-refractivity contribution in [3.63, 3.8) is 0 Å². The summed E-state index contributed by atoms with van der Waals surface area (Å²) in [5.41, 5.74) is 6.59. The molecule has 1 aromatic rings. The fourth-order valence-corrected chi connectivity index (χ4v) is 2.75. The summed E-state index contributed by atoms with van der Waals surface area (Å²) in [5.74, 6) is 0.606. The Labute approximate surface area is 109 Å². The molecule has 1 aliphatic heterocycles. The number of hydrogen-bond acceptors (Lipinski definition) is 2. The molecular weight excluding hydrogens is 227 g/mol. The molecule has 1 unspecified atom stereocenters. The molecule has 1 saturated heterocycles. The molecule has 100 valence electrons. The van der Waals surface area contributed by atoms with Gasteiger partial charge in [-0.05, 0) is 44.3 Å². The van der Waals surface area contributed by atoms with E-state index in [4.69, 9.17) is 5.73 Å². The molecular formula is C15H23FN2. The van der Waals surface area contributed by atoms with Crippen molar-refractivity contribution in [1.82, 2.24) is 4.90 Å². The van der Waals surface area contributed by atoms with E-state index in [1.807, 2.05) is 12.1 Å². The lowest BCUT2D eigenvalue weighted by molar-refractivity contribution is 0.268. The number of nitrogen functional groups attached to an aromatic ring is 1. The zero-order valence-electron chi connectivity index (χ0n) is 11.2. The van der Waals surface area contributed by atoms with Gasteiger partial charge in [0.2, 0.25) is 0 Å².